The molecule has 3 aromatic rings. The van der Waals surface area contributed by atoms with Crippen molar-refractivity contribution in [2.75, 3.05) is 11.9 Å². The molecule has 4 rings (SSSR count). The van der Waals surface area contributed by atoms with Crippen LogP contribution in [-0.2, 0) is 11.4 Å². The number of carbonyl (C=O) groups is 1. The van der Waals surface area contributed by atoms with Crippen LogP contribution in [0.3, 0.4) is 0 Å². The zero-order chi connectivity index (χ0) is 19.8. The van der Waals surface area contributed by atoms with Crippen molar-refractivity contribution in [1.82, 2.24) is 0 Å². The van der Waals surface area contributed by atoms with E-state index in [4.69, 9.17) is 13.9 Å². The van der Waals surface area contributed by atoms with Crippen molar-refractivity contribution in [3.63, 3.8) is 0 Å². The molecule has 1 N–H and O–H groups in total. The highest BCUT2D eigenvalue weighted by atomic mass is 16.5. The van der Waals surface area contributed by atoms with Crippen LogP contribution in [0.5, 0.6) is 11.5 Å². The zero-order valence-electron chi connectivity index (χ0n) is 16.0. The van der Waals surface area contributed by atoms with Gasteiger partial charge in [0.1, 0.15) is 29.4 Å². The Bertz CT molecular complexity index is 1130. The van der Waals surface area contributed by atoms with Gasteiger partial charge in [0.25, 0.3) is 5.91 Å². The first-order valence-electron chi connectivity index (χ1n) is 9.18. The second-order valence-corrected chi connectivity index (χ2v) is 7.21. The van der Waals surface area contributed by atoms with Gasteiger partial charge in [-0.2, -0.15) is 0 Å². The van der Waals surface area contributed by atoms with Crippen molar-refractivity contribution in [3.05, 3.63) is 63.5 Å². The fourth-order valence-corrected chi connectivity index (χ4v) is 3.48. The van der Waals surface area contributed by atoms with E-state index in [2.05, 4.69) is 25.2 Å². The Morgan fingerprint density at radius 1 is 1.18 bits per heavy atom. The SMILES string of the molecule is Cc1cc2oc(=O)cc(COc3cccc4c3NC(=O)CO4)c2cc1C(C)C. The molecular formula is C22H21NO5. The highest BCUT2D eigenvalue weighted by Gasteiger charge is 2.20. The molecule has 0 saturated heterocycles. The highest BCUT2D eigenvalue weighted by Crippen LogP contribution is 2.37. The molecule has 144 valence electrons. The van der Waals surface area contributed by atoms with E-state index in [0.29, 0.717) is 28.7 Å². The minimum Gasteiger partial charge on any atom is -0.487 e. The lowest BCUT2D eigenvalue weighted by Gasteiger charge is -2.21. The monoisotopic (exact) mass is 379 g/mol. The molecule has 6 nitrogen and oxygen atoms in total. The molecule has 28 heavy (non-hydrogen) atoms. The Kier molecular flexibility index (Phi) is 4.55. The van der Waals surface area contributed by atoms with E-state index in [1.54, 1.807) is 18.2 Å². The Morgan fingerprint density at radius 2 is 2.00 bits per heavy atom. The Balaban J connectivity index is 1.72. The summed E-state index contributed by atoms with van der Waals surface area (Å²) >= 11 is 0. The molecule has 0 aliphatic carbocycles. The molecule has 0 spiro atoms. The molecule has 0 atom stereocenters. The molecule has 1 aliphatic rings. The number of benzene rings is 2. The van der Waals surface area contributed by atoms with Gasteiger partial charge in [0.05, 0.1) is 0 Å². The molecular weight excluding hydrogens is 358 g/mol. The van der Waals surface area contributed by atoms with Crippen molar-refractivity contribution in [3.8, 4) is 11.5 Å². The number of hydrogen-bond acceptors (Lipinski definition) is 5. The van der Waals surface area contributed by atoms with E-state index in [0.717, 1.165) is 16.5 Å². The molecule has 2 heterocycles. The first-order valence-corrected chi connectivity index (χ1v) is 9.18. The molecule has 1 amide bonds. The van der Waals surface area contributed by atoms with Crippen LogP contribution in [0.2, 0.25) is 0 Å². The standard InChI is InChI=1S/C22H21NO5/c1-12(2)15-9-16-14(8-21(25)28-19(16)7-13(15)3)10-26-17-5-4-6-18-22(17)23-20(24)11-27-18/h4-9,12H,10-11H2,1-3H3,(H,23,24). The lowest BCUT2D eigenvalue weighted by Crippen LogP contribution is -2.25. The summed E-state index contributed by atoms with van der Waals surface area (Å²) in [7, 11) is 0. The number of aryl methyl sites for hydroxylation is 1. The first kappa shape index (κ1) is 18.1. The molecule has 0 radical (unpaired) electrons. The second-order valence-electron chi connectivity index (χ2n) is 7.21. The predicted octanol–water partition coefficient (Wildman–Crippen LogP) is 4.13. The van der Waals surface area contributed by atoms with Crippen LogP contribution in [0, 0.1) is 6.92 Å². The van der Waals surface area contributed by atoms with E-state index < -0.39 is 5.63 Å². The Morgan fingerprint density at radius 3 is 2.79 bits per heavy atom. The van der Waals surface area contributed by atoms with Gasteiger partial charge >= 0.3 is 5.63 Å². The van der Waals surface area contributed by atoms with Crippen LogP contribution in [0.25, 0.3) is 11.0 Å². The smallest absolute Gasteiger partial charge is 0.336 e. The molecule has 1 aliphatic heterocycles. The first-order chi connectivity index (χ1) is 13.4. The maximum atomic E-state index is 12.0. The lowest BCUT2D eigenvalue weighted by atomic mass is 9.95. The average Bonchev–Trinajstić information content (AvgIpc) is 2.65. The van der Waals surface area contributed by atoms with Crippen LogP contribution in [0.1, 0.15) is 36.5 Å². The highest BCUT2D eigenvalue weighted by molar-refractivity contribution is 5.97. The van der Waals surface area contributed by atoms with Gasteiger partial charge in [-0.1, -0.05) is 19.9 Å². The van der Waals surface area contributed by atoms with Crippen molar-refractivity contribution >= 4 is 22.6 Å². The topological polar surface area (TPSA) is 77.8 Å². The molecule has 1 aromatic heterocycles. The van der Waals surface area contributed by atoms with Crippen LogP contribution < -0.4 is 20.4 Å². The number of nitrogens with one attached hydrogen (secondary N) is 1. The number of anilines is 1. The number of ether oxygens (including phenoxy) is 2. The second kappa shape index (κ2) is 7.03. The number of fused-ring (bicyclic) bond motifs is 2. The molecule has 6 heteroatoms. The summed E-state index contributed by atoms with van der Waals surface area (Å²) < 4.78 is 16.8. The molecule has 0 saturated carbocycles. The van der Waals surface area contributed by atoms with Gasteiger partial charge in [-0.3, -0.25) is 4.79 Å². The van der Waals surface area contributed by atoms with E-state index in [1.807, 2.05) is 13.0 Å². The molecule has 0 fully saturated rings. The minimum absolute atomic E-state index is 0.0157. The quantitative estimate of drug-likeness (QED) is 0.690. The van der Waals surface area contributed by atoms with Gasteiger partial charge in [0.15, 0.2) is 6.61 Å². The summed E-state index contributed by atoms with van der Waals surface area (Å²) in [6.45, 7) is 6.41. The third-order valence-electron chi connectivity index (χ3n) is 4.83. The third kappa shape index (κ3) is 3.33. The normalized spacial score (nSPS) is 13.2. The van der Waals surface area contributed by atoms with E-state index in [-0.39, 0.29) is 19.1 Å². The van der Waals surface area contributed by atoms with E-state index in [9.17, 15) is 9.59 Å². The maximum Gasteiger partial charge on any atom is 0.336 e. The summed E-state index contributed by atoms with van der Waals surface area (Å²) in [6.07, 6.45) is 0. The summed E-state index contributed by atoms with van der Waals surface area (Å²) in [4.78, 5) is 23.7. The van der Waals surface area contributed by atoms with Gasteiger partial charge in [-0.15, -0.1) is 0 Å². The van der Waals surface area contributed by atoms with Crippen molar-refractivity contribution in [1.29, 1.82) is 0 Å². The van der Waals surface area contributed by atoms with E-state index >= 15 is 0 Å². The van der Waals surface area contributed by atoms with Crippen molar-refractivity contribution in [2.24, 2.45) is 0 Å². The van der Waals surface area contributed by atoms with Gasteiger partial charge in [0, 0.05) is 17.0 Å². The van der Waals surface area contributed by atoms with Crippen LogP contribution in [0.4, 0.5) is 5.69 Å². The predicted molar refractivity (Wildman–Crippen MR) is 106 cm³/mol. The van der Waals surface area contributed by atoms with Crippen LogP contribution in [-0.4, -0.2) is 12.5 Å². The van der Waals surface area contributed by atoms with Crippen molar-refractivity contribution in [2.45, 2.75) is 33.3 Å². The van der Waals surface area contributed by atoms with E-state index in [1.165, 1.54) is 11.6 Å². The fraction of sp³-hybridized carbons (Fsp3) is 0.273. The number of rotatable bonds is 4. The van der Waals surface area contributed by atoms with Gasteiger partial charge in [0.2, 0.25) is 0 Å². The minimum atomic E-state index is -0.422. The zero-order valence-corrected chi connectivity index (χ0v) is 16.0. The molecule has 0 unspecified atom stereocenters. The van der Waals surface area contributed by atoms with Crippen LogP contribution >= 0.6 is 0 Å². The Labute approximate surface area is 162 Å². The van der Waals surface area contributed by atoms with Gasteiger partial charge in [-0.25, -0.2) is 4.79 Å². The maximum absolute atomic E-state index is 12.0. The fourth-order valence-electron chi connectivity index (χ4n) is 3.48. The number of carbonyl (C=O) groups excluding carboxylic acids is 1. The van der Waals surface area contributed by atoms with Gasteiger partial charge < -0.3 is 19.2 Å². The average molecular weight is 379 g/mol. The Hall–Kier alpha value is -3.28. The number of para-hydroxylation sites is 1. The largest absolute Gasteiger partial charge is 0.487 e. The summed E-state index contributed by atoms with van der Waals surface area (Å²) in [6, 6.07) is 10.7. The summed E-state index contributed by atoms with van der Waals surface area (Å²) in [5, 5.41) is 3.62. The summed E-state index contributed by atoms with van der Waals surface area (Å²) in [5.74, 6) is 1.17. The van der Waals surface area contributed by atoms with Crippen LogP contribution in [0.15, 0.2) is 45.6 Å². The van der Waals surface area contributed by atoms with Crippen molar-refractivity contribution < 1.29 is 18.7 Å². The number of hydrogen-bond donors (Lipinski definition) is 1. The summed E-state index contributed by atoms with van der Waals surface area (Å²) in [5.41, 5.74) is 3.63. The molecule has 0 bridgehead atoms. The lowest BCUT2D eigenvalue weighted by molar-refractivity contribution is -0.118. The molecule has 2 aromatic carbocycles. The van der Waals surface area contributed by atoms with Gasteiger partial charge in [-0.05, 0) is 48.2 Å². The third-order valence-corrected chi connectivity index (χ3v) is 4.83. The number of amides is 1.